The maximum Gasteiger partial charge on any atom is 0.0587 e. The molecule has 1 heterocycles. The molecule has 2 aromatic carbocycles. The first-order valence-electron chi connectivity index (χ1n) is 10.1. The van der Waals surface area contributed by atoms with Crippen LogP contribution in [0.4, 0.5) is 0 Å². The fourth-order valence-corrected chi connectivity index (χ4v) is 3.81. The first-order chi connectivity index (χ1) is 13.3. The van der Waals surface area contributed by atoms with Gasteiger partial charge in [0.1, 0.15) is 0 Å². The molecule has 1 unspecified atom stereocenters. The molecule has 4 nitrogen and oxygen atoms in total. The SMILES string of the molecule is COCCNCCC1CN(Cc2ccccc2)CCN1Cc1ccccc1. The Morgan fingerprint density at radius 3 is 2.22 bits per heavy atom. The number of piperazine rings is 1. The third kappa shape index (κ3) is 6.74. The van der Waals surface area contributed by atoms with E-state index in [4.69, 9.17) is 4.74 Å². The van der Waals surface area contributed by atoms with Gasteiger partial charge >= 0.3 is 0 Å². The van der Waals surface area contributed by atoms with Crippen molar-refractivity contribution < 1.29 is 4.74 Å². The molecule has 4 heteroatoms. The van der Waals surface area contributed by atoms with Gasteiger partial charge in [0.15, 0.2) is 0 Å². The van der Waals surface area contributed by atoms with Gasteiger partial charge in [0.2, 0.25) is 0 Å². The second-order valence-electron chi connectivity index (χ2n) is 7.36. The van der Waals surface area contributed by atoms with Gasteiger partial charge in [0.25, 0.3) is 0 Å². The molecule has 1 saturated heterocycles. The Balaban J connectivity index is 1.57. The van der Waals surface area contributed by atoms with Crippen LogP contribution in [0.5, 0.6) is 0 Å². The lowest BCUT2D eigenvalue weighted by Gasteiger charge is -2.42. The van der Waals surface area contributed by atoms with Crippen molar-refractivity contribution in [1.29, 1.82) is 0 Å². The highest BCUT2D eigenvalue weighted by atomic mass is 16.5. The number of rotatable bonds is 10. The second-order valence-corrected chi connectivity index (χ2v) is 7.36. The molecule has 1 N–H and O–H groups in total. The summed E-state index contributed by atoms with van der Waals surface area (Å²) in [6.45, 7) is 8.23. The average Bonchev–Trinajstić information content (AvgIpc) is 2.71. The Hall–Kier alpha value is -1.72. The zero-order chi connectivity index (χ0) is 18.7. The summed E-state index contributed by atoms with van der Waals surface area (Å²) in [5.74, 6) is 0. The van der Waals surface area contributed by atoms with Crippen molar-refractivity contribution in [3.8, 4) is 0 Å². The minimum atomic E-state index is 0.581. The van der Waals surface area contributed by atoms with Crippen LogP contribution in [0.15, 0.2) is 60.7 Å². The Labute approximate surface area is 164 Å². The zero-order valence-corrected chi connectivity index (χ0v) is 16.5. The third-order valence-electron chi connectivity index (χ3n) is 5.30. The molecular weight excluding hydrogens is 334 g/mol. The maximum absolute atomic E-state index is 5.14. The molecule has 0 saturated carbocycles. The number of benzene rings is 2. The van der Waals surface area contributed by atoms with E-state index in [0.29, 0.717) is 6.04 Å². The number of hydrogen-bond acceptors (Lipinski definition) is 4. The van der Waals surface area contributed by atoms with E-state index < -0.39 is 0 Å². The van der Waals surface area contributed by atoms with Gasteiger partial charge in [-0.1, -0.05) is 60.7 Å². The number of methoxy groups -OCH3 is 1. The highest BCUT2D eigenvalue weighted by Gasteiger charge is 2.26. The molecule has 27 heavy (non-hydrogen) atoms. The van der Waals surface area contributed by atoms with E-state index in [1.165, 1.54) is 17.5 Å². The van der Waals surface area contributed by atoms with E-state index in [2.05, 4.69) is 75.8 Å². The first-order valence-corrected chi connectivity index (χ1v) is 10.1. The van der Waals surface area contributed by atoms with Crippen molar-refractivity contribution in [3.05, 3.63) is 71.8 Å². The molecule has 0 radical (unpaired) electrons. The Kier molecular flexibility index (Phi) is 8.31. The minimum Gasteiger partial charge on any atom is -0.383 e. The van der Waals surface area contributed by atoms with Crippen LogP contribution < -0.4 is 5.32 Å². The lowest BCUT2D eigenvalue weighted by molar-refractivity contribution is 0.0593. The monoisotopic (exact) mass is 367 g/mol. The molecule has 1 atom stereocenters. The van der Waals surface area contributed by atoms with Crippen LogP contribution in [0.25, 0.3) is 0 Å². The van der Waals surface area contributed by atoms with Crippen LogP contribution in [0.3, 0.4) is 0 Å². The predicted octanol–water partition coefficient (Wildman–Crippen LogP) is 3.00. The molecule has 146 valence electrons. The fourth-order valence-electron chi connectivity index (χ4n) is 3.81. The van der Waals surface area contributed by atoms with Crippen molar-refractivity contribution >= 4 is 0 Å². The highest BCUT2D eigenvalue weighted by molar-refractivity contribution is 5.16. The van der Waals surface area contributed by atoms with Crippen molar-refractivity contribution in [2.75, 3.05) is 46.4 Å². The molecule has 0 aromatic heterocycles. The van der Waals surface area contributed by atoms with Gasteiger partial charge in [-0.05, 0) is 24.1 Å². The van der Waals surface area contributed by atoms with E-state index in [-0.39, 0.29) is 0 Å². The van der Waals surface area contributed by atoms with E-state index in [1.54, 1.807) is 7.11 Å². The molecule has 0 spiro atoms. The van der Waals surface area contributed by atoms with Crippen LogP contribution in [-0.4, -0.2) is 62.3 Å². The number of nitrogens with zero attached hydrogens (tertiary/aromatic N) is 2. The van der Waals surface area contributed by atoms with Gasteiger partial charge in [-0.15, -0.1) is 0 Å². The molecule has 0 aliphatic carbocycles. The lowest BCUT2D eigenvalue weighted by Crippen LogP contribution is -2.53. The first kappa shape index (κ1) is 20.0. The molecule has 1 aliphatic rings. The standard InChI is InChI=1S/C23H33N3O/c1-27-17-14-24-13-12-23-20-25(18-21-8-4-2-5-9-21)15-16-26(23)19-22-10-6-3-7-11-22/h2-11,23-24H,12-20H2,1H3. The van der Waals surface area contributed by atoms with Gasteiger partial charge in [0, 0.05) is 52.4 Å². The molecule has 1 fully saturated rings. The van der Waals surface area contributed by atoms with E-state index >= 15 is 0 Å². The molecular formula is C23H33N3O. The summed E-state index contributed by atoms with van der Waals surface area (Å²) < 4.78 is 5.14. The van der Waals surface area contributed by atoms with Crippen LogP contribution in [0, 0.1) is 0 Å². The van der Waals surface area contributed by atoms with Gasteiger partial charge in [-0.2, -0.15) is 0 Å². The van der Waals surface area contributed by atoms with E-state index in [1.807, 2.05) is 0 Å². The highest BCUT2D eigenvalue weighted by Crippen LogP contribution is 2.18. The number of ether oxygens (including phenoxy) is 1. The molecule has 0 amide bonds. The van der Waals surface area contributed by atoms with Crippen molar-refractivity contribution in [3.63, 3.8) is 0 Å². The summed E-state index contributed by atoms with van der Waals surface area (Å²) >= 11 is 0. The van der Waals surface area contributed by atoms with Gasteiger partial charge in [-0.25, -0.2) is 0 Å². The van der Waals surface area contributed by atoms with Gasteiger partial charge in [0.05, 0.1) is 6.61 Å². The zero-order valence-electron chi connectivity index (χ0n) is 16.5. The Morgan fingerprint density at radius 2 is 1.56 bits per heavy atom. The quantitative estimate of drug-likeness (QED) is 0.654. The lowest BCUT2D eigenvalue weighted by atomic mass is 10.1. The molecule has 0 bridgehead atoms. The summed E-state index contributed by atoms with van der Waals surface area (Å²) in [4.78, 5) is 5.27. The molecule has 3 rings (SSSR count). The fraction of sp³-hybridized carbons (Fsp3) is 0.478. The average molecular weight is 368 g/mol. The smallest absolute Gasteiger partial charge is 0.0587 e. The summed E-state index contributed by atoms with van der Waals surface area (Å²) in [5.41, 5.74) is 2.82. The third-order valence-corrected chi connectivity index (χ3v) is 5.30. The van der Waals surface area contributed by atoms with Crippen molar-refractivity contribution in [2.45, 2.75) is 25.6 Å². The number of nitrogens with one attached hydrogen (secondary N) is 1. The summed E-state index contributed by atoms with van der Waals surface area (Å²) in [6.07, 6.45) is 1.17. The molecule has 2 aromatic rings. The topological polar surface area (TPSA) is 27.7 Å². The minimum absolute atomic E-state index is 0.581. The maximum atomic E-state index is 5.14. The van der Waals surface area contributed by atoms with Gasteiger partial charge in [-0.3, -0.25) is 9.80 Å². The van der Waals surface area contributed by atoms with E-state index in [9.17, 15) is 0 Å². The summed E-state index contributed by atoms with van der Waals surface area (Å²) in [5, 5.41) is 3.51. The van der Waals surface area contributed by atoms with Crippen molar-refractivity contribution in [2.24, 2.45) is 0 Å². The van der Waals surface area contributed by atoms with Crippen LogP contribution in [0.2, 0.25) is 0 Å². The normalized spacial score (nSPS) is 18.6. The second kappa shape index (κ2) is 11.2. The molecule has 1 aliphatic heterocycles. The van der Waals surface area contributed by atoms with E-state index in [0.717, 1.165) is 52.4 Å². The van der Waals surface area contributed by atoms with Crippen LogP contribution >= 0.6 is 0 Å². The van der Waals surface area contributed by atoms with Crippen LogP contribution in [-0.2, 0) is 17.8 Å². The van der Waals surface area contributed by atoms with Gasteiger partial charge < -0.3 is 10.1 Å². The van der Waals surface area contributed by atoms with Crippen molar-refractivity contribution in [1.82, 2.24) is 15.1 Å². The Bertz CT molecular complexity index is 635. The summed E-state index contributed by atoms with van der Waals surface area (Å²) in [7, 11) is 1.76. The van der Waals surface area contributed by atoms with Crippen LogP contribution in [0.1, 0.15) is 17.5 Å². The largest absolute Gasteiger partial charge is 0.383 e. The number of hydrogen-bond donors (Lipinski definition) is 1. The Morgan fingerprint density at radius 1 is 0.889 bits per heavy atom. The predicted molar refractivity (Wildman–Crippen MR) is 112 cm³/mol. The summed E-state index contributed by atoms with van der Waals surface area (Å²) in [6, 6.07) is 22.3.